The minimum absolute atomic E-state index is 0.144. The highest BCUT2D eigenvalue weighted by Gasteiger charge is 2.07. The second-order valence-electron chi connectivity index (χ2n) is 3.95. The normalized spacial score (nSPS) is 10.6. The molecule has 1 N–H and O–H groups in total. The first-order chi connectivity index (χ1) is 8.13. The Labute approximate surface area is 106 Å². The molecule has 1 aromatic rings. The van der Waals surface area contributed by atoms with E-state index in [0.717, 1.165) is 17.4 Å². The number of anilines is 1. The smallest absolute Gasteiger partial charge is 0.305 e. The molecule has 0 saturated heterocycles. The van der Waals surface area contributed by atoms with E-state index >= 15 is 0 Å². The SMILES string of the molecule is CCOC(=O)CCCNc1nc(C(C)C)ns1. The Hall–Kier alpha value is -1.17. The van der Waals surface area contributed by atoms with Crippen molar-refractivity contribution in [3.8, 4) is 0 Å². The Bertz CT molecular complexity index is 352. The van der Waals surface area contributed by atoms with Gasteiger partial charge in [0.05, 0.1) is 6.61 Å². The van der Waals surface area contributed by atoms with E-state index in [2.05, 4.69) is 28.5 Å². The number of rotatable bonds is 7. The summed E-state index contributed by atoms with van der Waals surface area (Å²) < 4.78 is 9.07. The highest BCUT2D eigenvalue weighted by atomic mass is 32.1. The van der Waals surface area contributed by atoms with E-state index in [1.807, 2.05) is 6.92 Å². The third kappa shape index (κ3) is 5.12. The van der Waals surface area contributed by atoms with Gasteiger partial charge in [0.2, 0.25) is 5.13 Å². The maximum Gasteiger partial charge on any atom is 0.305 e. The summed E-state index contributed by atoms with van der Waals surface area (Å²) in [5, 5.41) is 3.97. The highest BCUT2D eigenvalue weighted by Crippen LogP contribution is 2.17. The molecule has 1 heterocycles. The van der Waals surface area contributed by atoms with E-state index in [-0.39, 0.29) is 5.97 Å². The minimum atomic E-state index is -0.144. The number of hydrogen-bond donors (Lipinski definition) is 1. The number of carbonyl (C=O) groups is 1. The van der Waals surface area contributed by atoms with Crippen LogP contribution in [0.4, 0.5) is 5.13 Å². The van der Waals surface area contributed by atoms with Gasteiger partial charge in [-0.25, -0.2) is 4.98 Å². The largest absolute Gasteiger partial charge is 0.466 e. The number of aromatic nitrogens is 2. The molecule has 0 saturated carbocycles. The summed E-state index contributed by atoms with van der Waals surface area (Å²) >= 11 is 1.36. The van der Waals surface area contributed by atoms with Crippen LogP contribution in [0.5, 0.6) is 0 Å². The average molecular weight is 257 g/mol. The lowest BCUT2D eigenvalue weighted by atomic mass is 10.2. The minimum Gasteiger partial charge on any atom is -0.466 e. The summed E-state index contributed by atoms with van der Waals surface area (Å²) in [6.45, 7) is 7.09. The van der Waals surface area contributed by atoms with Crippen molar-refractivity contribution in [2.24, 2.45) is 0 Å². The third-order valence-electron chi connectivity index (χ3n) is 2.10. The maximum absolute atomic E-state index is 11.1. The molecule has 0 aliphatic rings. The molecule has 0 bridgehead atoms. The molecule has 0 spiro atoms. The van der Waals surface area contributed by atoms with Gasteiger partial charge in [-0.3, -0.25) is 4.79 Å². The quantitative estimate of drug-likeness (QED) is 0.600. The summed E-state index contributed by atoms with van der Waals surface area (Å²) in [7, 11) is 0. The Morgan fingerprint density at radius 2 is 2.29 bits per heavy atom. The lowest BCUT2D eigenvalue weighted by molar-refractivity contribution is -0.143. The van der Waals surface area contributed by atoms with Crippen molar-refractivity contribution in [3.63, 3.8) is 0 Å². The lowest BCUT2D eigenvalue weighted by Crippen LogP contribution is -2.08. The fourth-order valence-corrected chi connectivity index (χ4v) is 1.93. The second kappa shape index (κ2) is 7.21. The monoisotopic (exact) mass is 257 g/mol. The van der Waals surface area contributed by atoms with Gasteiger partial charge in [0.25, 0.3) is 0 Å². The van der Waals surface area contributed by atoms with E-state index < -0.39 is 0 Å². The number of ether oxygens (including phenoxy) is 1. The molecule has 0 aliphatic carbocycles. The third-order valence-corrected chi connectivity index (χ3v) is 2.78. The van der Waals surface area contributed by atoms with Gasteiger partial charge < -0.3 is 10.1 Å². The Balaban J connectivity index is 2.19. The van der Waals surface area contributed by atoms with E-state index in [1.54, 1.807) is 0 Å². The molecule has 0 atom stereocenters. The fraction of sp³-hybridized carbons (Fsp3) is 0.727. The Kier molecular flexibility index (Phi) is 5.90. The first-order valence-electron chi connectivity index (χ1n) is 5.86. The van der Waals surface area contributed by atoms with Gasteiger partial charge in [-0.05, 0) is 13.3 Å². The van der Waals surface area contributed by atoms with Crippen LogP contribution < -0.4 is 5.32 Å². The van der Waals surface area contributed by atoms with Crippen molar-refractivity contribution in [1.29, 1.82) is 0 Å². The second-order valence-corrected chi connectivity index (χ2v) is 4.70. The number of hydrogen-bond acceptors (Lipinski definition) is 6. The Morgan fingerprint density at radius 3 is 2.88 bits per heavy atom. The molecule has 0 amide bonds. The molecular formula is C11H19N3O2S. The zero-order valence-electron chi connectivity index (χ0n) is 10.5. The van der Waals surface area contributed by atoms with Gasteiger partial charge >= 0.3 is 5.97 Å². The first kappa shape index (κ1) is 13.9. The topological polar surface area (TPSA) is 64.1 Å². The van der Waals surface area contributed by atoms with Crippen LogP contribution in [0.1, 0.15) is 45.4 Å². The van der Waals surface area contributed by atoms with Crippen molar-refractivity contribution in [3.05, 3.63) is 5.82 Å². The predicted octanol–water partition coefficient (Wildman–Crippen LogP) is 2.42. The summed E-state index contributed by atoms with van der Waals surface area (Å²) in [5.74, 6) is 1.07. The number of nitrogens with one attached hydrogen (secondary N) is 1. The van der Waals surface area contributed by atoms with Crippen molar-refractivity contribution < 1.29 is 9.53 Å². The van der Waals surface area contributed by atoms with E-state index in [4.69, 9.17) is 4.74 Å². The zero-order chi connectivity index (χ0) is 12.7. The number of carbonyl (C=O) groups excluding carboxylic acids is 1. The van der Waals surface area contributed by atoms with Crippen molar-refractivity contribution in [2.75, 3.05) is 18.5 Å². The number of esters is 1. The first-order valence-corrected chi connectivity index (χ1v) is 6.64. The molecule has 17 heavy (non-hydrogen) atoms. The average Bonchev–Trinajstić information content (AvgIpc) is 2.73. The molecule has 0 radical (unpaired) electrons. The van der Waals surface area contributed by atoms with Crippen LogP contribution in [0.3, 0.4) is 0 Å². The van der Waals surface area contributed by atoms with E-state index in [1.165, 1.54) is 11.5 Å². The summed E-state index contributed by atoms with van der Waals surface area (Å²) in [5.41, 5.74) is 0. The van der Waals surface area contributed by atoms with Crippen LogP contribution in [-0.2, 0) is 9.53 Å². The molecule has 0 fully saturated rings. The molecule has 6 heteroatoms. The van der Waals surface area contributed by atoms with Crippen LogP contribution in [0.25, 0.3) is 0 Å². The van der Waals surface area contributed by atoms with Crippen LogP contribution in [0.2, 0.25) is 0 Å². The lowest BCUT2D eigenvalue weighted by Gasteiger charge is -2.02. The van der Waals surface area contributed by atoms with Gasteiger partial charge in [0, 0.05) is 30.4 Å². The van der Waals surface area contributed by atoms with Gasteiger partial charge in [-0.15, -0.1) is 0 Å². The molecule has 0 unspecified atom stereocenters. The molecular weight excluding hydrogens is 238 g/mol. The highest BCUT2D eigenvalue weighted by molar-refractivity contribution is 7.09. The van der Waals surface area contributed by atoms with Gasteiger partial charge in [-0.2, -0.15) is 4.37 Å². The molecule has 1 rings (SSSR count). The molecule has 5 nitrogen and oxygen atoms in total. The molecule has 1 aromatic heterocycles. The Morgan fingerprint density at radius 1 is 1.53 bits per heavy atom. The van der Waals surface area contributed by atoms with Crippen LogP contribution in [-0.4, -0.2) is 28.5 Å². The molecule has 96 valence electrons. The van der Waals surface area contributed by atoms with Crippen molar-refractivity contribution in [2.45, 2.75) is 39.5 Å². The number of nitrogens with zero attached hydrogens (tertiary/aromatic N) is 2. The van der Waals surface area contributed by atoms with Crippen LogP contribution in [0, 0.1) is 0 Å². The molecule has 0 aliphatic heterocycles. The standard InChI is InChI=1S/C11H19N3O2S/c1-4-16-9(15)6-5-7-12-11-13-10(8(2)3)14-17-11/h8H,4-7H2,1-3H3,(H,12,13,14). The summed E-state index contributed by atoms with van der Waals surface area (Å²) in [4.78, 5) is 15.4. The van der Waals surface area contributed by atoms with E-state index in [9.17, 15) is 4.79 Å². The van der Waals surface area contributed by atoms with Crippen molar-refractivity contribution >= 4 is 22.6 Å². The van der Waals surface area contributed by atoms with E-state index in [0.29, 0.717) is 25.5 Å². The molecule has 0 aromatic carbocycles. The predicted molar refractivity (Wildman–Crippen MR) is 68.4 cm³/mol. The van der Waals surface area contributed by atoms with Gasteiger partial charge in [-0.1, -0.05) is 13.8 Å². The maximum atomic E-state index is 11.1. The van der Waals surface area contributed by atoms with Gasteiger partial charge in [0.15, 0.2) is 0 Å². The zero-order valence-corrected chi connectivity index (χ0v) is 11.3. The van der Waals surface area contributed by atoms with Crippen molar-refractivity contribution in [1.82, 2.24) is 9.36 Å². The van der Waals surface area contributed by atoms with Crippen LogP contribution >= 0.6 is 11.5 Å². The fourth-order valence-electron chi connectivity index (χ4n) is 1.20. The summed E-state index contributed by atoms with van der Waals surface area (Å²) in [6.07, 6.45) is 1.19. The van der Waals surface area contributed by atoms with Crippen LogP contribution in [0.15, 0.2) is 0 Å². The van der Waals surface area contributed by atoms with Gasteiger partial charge in [0.1, 0.15) is 5.82 Å². The summed E-state index contributed by atoms with van der Waals surface area (Å²) in [6, 6.07) is 0.